The highest BCUT2D eigenvalue weighted by Crippen LogP contribution is 2.40. The maximum absolute atomic E-state index is 10.9. The van der Waals surface area contributed by atoms with Gasteiger partial charge >= 0.3 is 5.97 Å². The number of hydrogen-bond donors (Lipinski definition) is 1. The van der Waals surface area contributed by atoms with E-state index in [-0.39, 0.29) is 12.1 Å². The molecule has 0 amide bonds. The van der Waals surface area contributed by atoms with Crippen LogP contribution in [0.2, 0.25) is 0 Å². The number of hydrogen-bond acceptors (Lipinski definition) is 4. The van der Waals surface area contributed by atoms with Crippen LogP contribution < -0.4 is 0 Å². The largest absolute Gasteiger partial charge is 0.481 e. The molecule has 6 heteroatoms. The van der Waals surface area contributed by atoms with Gasteiger partial charge in [0.05, 0.1) is 23.3 Å². The molecule has 0 aromatic heterocycles. The maximum atomic E-state index is 10.9. The Kier molecular flexibility index (Phi) is 2.60. The number of nitrogens with zero attached hydrogens (tertiary/aromatic N) is 2. The number of carboxylic acids is 1. The minimum absolute atomic E-state index is 0.235. The van der Waals surface area contributed by atoms with Crippen molar-refractivity contribution in [3.8, 4) is 0 Å². The molecule has 0 bridgehead atoms. The van der Waals surface area contributed by atoms with Gasteiger partial charge in [-0.3, -0.25) is 9.80 Å². The van der Waals surface area contributed by atoms with Gasteiger partial charge in [-0.1, -0.05) is 0 Å². The van der Waals surface area contributed by atoms with Gasteiger partial charge in [-0.15, -0.1) is 4.91 Å². The van der Waals surface area contributed by atoms with E-state index in [1.165, 1.54) is 5.01 Å². The molecule has 1 N–H and O–H groups in total. The predicted molar refractivity (Wildman–Crippen MR) is 51.0 cm³/mol. The van der Waals surface area contributed by atoms with Gasteiger partial charge in [0.2, 0.25) is 0 Å². The summed E-state index contributed by atoms with van der Waals surface area (Å²) in [6.45, 7) is 1.40. The molecular weight excluding hydrogens is 200 g/mol. The topological polar surface area (TPSA) is 79.2 Å². The third-order valence-corrected chi connectivity index (χ3v) is 3.44. The van der Waals surface area contributed by atoms with Gasteiger partial charge in [0.1, 0.15) is 0 Å². The Labute approximate surface area is 87.1 Å². The van der Waals surface area contributed by atoms with Crippen molar-refractivity contribution in [2.24, 2.45) is 11.2 Å². The summed E-state index contributed by atoms with van der Waals surface area (Å²) in [7, 11) is 0. The van der Waals surface area contributed by atoms with Crippen LogP contribution in [0.15, 0.2) is 5.29 Å². The molecule has 0 aliphatic carbocycles. The molecule has 1 atom stereocenters. The summed E-state index contributed by atoms with van der Waals surface area (Å²) in [5.41, 5.74) is -0.358. The first-order chi connectivity index (χ1) is 7.18. The first-order valence-corrected chi connectivity index (χ1v) is 5.09. The van der Waals surface area contributed by atoms with Crippen molar-refractivity contribution in [2.75, 3.05) is 19.8 Å². The highest BCUT2D eigenvalue weighted by atomic mass is 16.5. The zero-order valence-corrected chi connectivity index (χ0v) is 8.39. The van der Waals surface area contributed by atoms with E-state index in [2.05, 4.69) is 5.29 Å². The normalized spacial score (nSPS) is 29.3. The van der Waals surface area contributed by atoms with Crippen molar-refractivity contribution in [3.05, 3.63) is 4.91 Å². The predicted octanol–water partition coefficient (Wildman–Crippen LogP) is 0.624. The number of nitroso groups, excluding NO2 is 1. The standard InChI is InChI=1S/C9H14N2O4/c12-8(13)7-5-9(11(6-7)10-14)1-3-15-4-2-9/h7H,1-6H2,(H,12,13). The molecule has 0 radical (unpaired) electrons. The van der Waals surface area contributed by atoms with Gasteiger partial charge in [0, 0.05) is 13.2 Å². The monoisotopic (exact) mass is 214 g/mol. The van der Waals surface area contributed by atoms with Crippen LogP contribution in [0.4, 0.5) is 0 Å². The molecule has 2 heterocycles. The van der Waals surface area contributed by atoms with E-state index in [0.29, 0.717) is 32.5 Å². The quantitative estimate of drug-likeness (QED) is 0.682. The SMILES string of the molecule is O=NN1CC(C(=O)O)CC12CCOCC2. The first kappa shape index (κ1) is 10.4. The van der Waals surface area contributed by atoms with Crippen LogP contribution in [0, 0.1) is 10.8 Å². The van der Waals surface area contributed by atoms with Gasteiger partial charge in [0.15, 0.2) is 0 Å². The van der Waals surface area contributed by atoms with E-state index in [0.717, 1.165) is 0 Å². The fourth-order valence-electron chi connectivity index (χ4n) is 2.53. The molecule has 2 aliphatic rings. The zero-order chi connectivity index (χ0) is 10.9. The Morgan fingerprint density at radius 1 is 1.47 bits per heavy atom. The lowest BCUT2D eigenvalue weighted by atomic mass is 9.85. The second-order valence-electron chi connectivity index (χ2n) is 4.24. The molecule has 6 nitrogen and oxygen atoms in total. The highest BCUT2D eigenvalue weighted by Gasteiger charge is 2.49. The molecular formula is C9H14N2O4. The van der Waals surface area contributed by atoms with Gasteiger partial charge < -0.3 is 9.84 Å². The molecule has 2 fully saturated rings. The molecule has 0 aromatic rings. The van der Waals surface area contributed by atoms with Crippen molar-refractivity contribution in [1.82, 2.24) is 5.01 Å². The molecule has 2 saturated heterocycles. The maximum Gasteiger partial charge on any atom is 0.308 e. The summed E-state index contributed by atoms with van der Waals surface area (Å²) in [6.07, 6.45) is 1.91. The third-order valence-electron chi connectivity index (χ3n) is 3.44. The summed E-state index contributed by atoms with van der Waals surface area (Å²) in [4.78, 5) is 21.6. The van der Waals surface area contributed by atoms with E-state index >= 15 is 0 Å². The molecule has 2 rings (SSSR count). The van der Waals surface area contributed by atoms with E-state index in [1.807, 2.05) is 0 Å². The summed E-state index contributed by atoms with van der Waals surface area (Å²) >= 11 is 0. The highest BCUT2D eigenvalue weighted by molar-refractivity contribution is 5.71. The minimum Gasteiger partial charge on any atom is -0.481 e. The second kappa shape index (κ2) is 3.77. The summed E-state index contributed by atoms with van der Waals surface area (Å²) in [6, 6.07) is 0. The lowest BCUT2D eigenvalue weighted by Crippen LogP contribution is -2.44. The number of rotatable bonds is 2. The second-order valence-corrected chi connectivity index (χ2v) is 4.24. The zero-order valence-electron chi connectivity index (χ0n) is 8.39. The molecule has 0 aromatic carbocycles. The Balaban J connectivity index is 2.15. The summed E-state index contributed by atoms with van der Waals surface area (Å²) in [5.74, 6) is -1.31. The number of carboxylic acid groups (broad SMARTS) is 1. The smallest absolute Gasteiger partial charge is 0.308 e. The Hall–Kier alpha value is -1.17. The first-order valence-electron chi connectivity index (χ1n) is 5.09. The fraction of sp³-hybridized carbons (Fsp3) is 0.889. The number of aliphatic carboxylic acids is 1. The van der Waals surface area contributed by atoms with Crippen LogP contribution in [0.5, 0.6) is 0 Å². The molecule has 2 aliphatic heterocycles. The van der Waals surface area contributed by atoms with Gasteiger partial charge in [-0.2, -0.15) is 0 Å². The molecule has 84 valence electrons. The van der Waals surface area contributed by atoms with Crippen molar-refractivity contribution in [1.29, 1.82) is 0 Å². The molecule has 15 heavy (non-hydrogen) atoms. The van der Waals surface area contributed by atoms with E-state index < -0.39 is 11.9 Å². The average Bonchev–Trinajstić information content (AvgIpc) is 2.58. The van der Waals surface area contributed by atoms with Crippen LogP contribution in [-0.4, -0.2) is 41.4 Å². The number of carbonyl (C=O) groups is 1. The van der Waals surface area contributed by atoms with Crippen LogP contribution >= 0.6 is 0 Å². The Morgan fingerprint density at radius 3 is 2.67 bits per heavy atom. The van der Waals surface area contributed by atoms with Crippen molar-refractivity contribution in [3.63, 3.8) is 0 Å². The average molecular weight is 214 g/mol. The van der Waals surface area contributed by atoms with E-state index in [9.17, 15) is 9.70 Å². The van der Waals surface area contributed by atoms with Gasteiger partial charge in [0.25, 0.3) is 0 Å². The Bertz CT molecular complexity index is 275. The van der Waals surface area contributed by atoms with Crippen LogP contribution in [0.1, 0.15) is 19.3 Å². The van der Waals surface area contributed by atoms with Crippen molar-refractivity contribution in [2.45, 2.75) is 24.8 Å². The molecule has 1 unspecified atom stereocenters. The molecule has 0 saturated carbocycles. The van der Waals surface area contributed by atoms with Crippen molar-refractivity contribution >= 4 is 5.97 Å². The van der Waals surface area contributed by atoms with Crippen LogP contribution in [0.3, 0.4) is 0 Å². The Morgan fingerprint density at radius 2 is 2.13 bits per heavy atom. The number of ether oxygens (including phenoxy) is 1. The summed E-state index contributed by atoms with van der Waals surface area (Å²) in [5, 5.41) is 13.3. The third kappa shape index (κ3) is 1.69. The van der Waals surface area contributed by atoms with Crippen LogP contribution in [-0.2, 0) is 9.53 Å². The van der Waals surface area contributed by atoms with Gasteiger partial charge in [-0.05, 0) is 19.3 Å². The van der Waals surface area contributed by atoms with Crippen molar-refractivity contribution < 1.29 is 14.6 Å². The summed E-state index contributed by atoms with van der Waals surface area (Å²) < 4.78 is 5.23. The minimum atomic E-state index is -0.841. The fourth-order valence-corrected chi connectivity index (χ4v) is 2.53. The lowest BCUT2D eigenvalue weighted by Gasteiger charge is -2.37. The van der Waals surface area contributed by atoms with E-state index in [4.69, 9.17) is 9.84 Å². The van der Waals surface area contributed by atoms with Gasteiger partial charge in [-0.25, -0.2) is 0 Å². The van der Waals surface area contributed by atoms with E-state index in [1.54, 1.807) is 0 Å². The molecule has 1 spiro atoms. The van der Waals surface area contributed by atoms with Crippen LogP contribution in [0.25, 0.3) is 0 Å². The lowest BCUT2D eigenvalue weighted by molar-refractivity contribution is -0.141.